The smallest absolute Gasteiger partial charge is 0.273 e. The highest BCUT2D eigenvalue weighted by Crippen LogP contribution is 2.30. The third-order valence-electron chi connectivity index (χ3n) is 3.45. The summed E-state index contributed by atoms with van der Waals surface area (Å²) >= 11 is 1.66. The van der Waals surface area contributed by atoms with Crippen molar-refractivity contribution in [3.63, 3.8) is 0 Å². The molecule has 1 saturated carbocycles. The average molecular weight is 287 g/mol. The van der Waals surface area contributed by atoms with E-state index in [1.165, 1.54) is 5.56 Å². The van der Waals surface area contributed by atoms with Crippen molar-refractivity contribution in [3.05, 3.63) is 46.4 Å². The number of anilines is 1. The Hall–Kier alpha value is -1.88. The van der Waals surface area contributed by atoms with E-state index in [2.05, 4.69) is 21.7 Å². The van der Waals surface area contributed by atoms with Crippen LogP contribution in [0.1, 0.15) is 28.9 Å². The van der Waals surface area contributed by atoms with Gasteiger partial charge in [0.25, 0.3) is 5.91 Å². The third kappa shape index (κ3) is 2.82. The van der Waals surface area contributed by atoms with Gasteiger partial charge in [0, 0.05) is 31.5 Å². The largest absolute Gasteiger partial charge is 0.388 e. The van der Waals surface area contributed by atoms with E-state index in [9.17, 15) is 4.79 Å². The quantitative estimate of drug-likeness (QED) is 0.919. The zero-order chi connectivity index (χ0) is 13.9. The number of aromatic nitrogens is 1. The van der Waals surface area contributed by atoms with Gasteiger partial charge in [-0.25, -0.2) is 0 Å². The molecule has 2 aromatic heterocycles. The molecular formula is C15H17N3OS. The second-order valence-electron chi connectivity index (χ2n) is 4.98. The Morgan fingerprint density at radius 3 is 3.00 bits per heavy atom. The first kappa shape index (κ1) is 13.1. The molecule has 1 aliphatic carbocycles. The number of carbonyl (C=O) groups excluding carboxylic acids is 1. The van der Waals surface area contributed by atoms with Crippen molar-refractivity contribution in [2.75, 3.05) is 12.4 Å². The second kappa shape index (κ2) is 5.63. The van der Waals surface area contributed by atoms with Crippen LogP contribution in [-0.2, 0) is 6.54 Å². The molecule has 5 heteroatoms. The molecule has 0 bridgehead atoms. The predicted molar refractivity (Wildman–Crippen MR) is 81.0 cm³/mol. The summed E-state index contributed by atoms with van der Waals surface area (Å²) < 4.78 is 0. The summed E-state index contributed by atoms with van der Waals surface area (Å²) in [5, 5.41) is 7.19. The van der Waals surface area contributed by atoms with Crippen LogP contribution in [0.5, 0.6) is 0 Å². The van der Waals surface area contributed by atoms with Gasteiger partial charge in [-0.15, -0.1) is 0 Å². The molecule has 0 saturated heterocycles. The van der Waals surface area contributed by atoms with E-state index in [0.29, 0.717) is 18.3 Å². The fourth-order valence-electron chi connectivity index (χ4n) is 2.18. The molecule has 2 aromatic rings. The molecule has 3 rings (SSSR count). The van der Waals surface area contributed by atoms with Crippen LogP contribution in [0.25, 0.3) is 0 Å². The van der Waals surface area contributed by atoms with Gasteiger partial charge in [0.05, 0.1) is 0 Å². The van der Waals surface area contributed by atoms with Crippen LogP contribution < -0.4 is 5.32 Å². The number of thiophene rings is 1. The molecule has 0 unspecified atom stereocenters. The number of pyridine rings is 1. The molecule has 0 atom stereocenters. The van der Waals surface area contributed by atoms with E-state index < -0.39 is 0 Å². The van der Waals surface area contributed by atoms with Gasteiger partial charge in [-0.3, -0.25) is 9.78 Å². The molecular weight excluding hydrogens is 270 g/mol. The minimum Gasteiger partial charge on any atom is -0.388 e. The van der Waals surface area contributed by atoms with Gasteiger partial charge in [0.1, 0.15) is 5.69 Å². The molecule has 0 spiro atoms. The fourth-order valence-corrected chi connectivity index (χ4v) is 2.84. The molecule has 0 aliphatic heterocycles. The zero-order valence-electron chi connectivity index (χ0n) is 11.4. The first-order chi connectivity index (χ1) is 9.78. The Morgan fingerprint density at radius 1 is 1.50 bits per heavy atom. The molecule has 1 fully saturated rings. The minimum atomic E-state index is 0.0239. The molecule has 1 amide bonds. The van der Waals surface area contributed by atoms with E-state index in [1.807, 2.05) is 29.5 Å². The Bertz CT molecular complexity index is 593. The van der Waals surface area contributed by atoms with Crippen LogP contribution in [-0.4, -0.2) is 28.9 Å². The van der Waals surface area contributed by atoms with E-state index in [0.717, 1.165) is 18.5 Å². The Labute approximate surface area is 122 Å². The van der Waals surface area contributed by atoms with Crippen LogP contribution in [0.2, 0.25) is 0 Å². The standard InChI is InChI=1S/C15H17N3OS/c1-16-12-4-6-17-14(8-12)15(19)18(13-2-3-13)9-11-5-7-20-10-11/h4-8,10,13H,2-3,9H2,1H3,(H,16,17). The summed E-state index contributed by atoms with van der Waals surface area (Å²) in [5.41, 5.74) is 2.62. The summed E-state index contributed by atoms with van der Waals surface area (Å²) in [4.78, 5) is 18.8. The Balaban J connectivity index is 1.81. The fraction of sp³-hybridized carbons (Fsp3) is 0.333. The monoisotopic (exact) mass is 287 g/mol. The maximum absolute atomic E-state index is 12.7. The van der Waals surface area contributed by atoms with Crippen molar-refractivity contribution in [3.8, 4) is 0 Å². The van der Waals surface area contributed by atoms with Gasteiger partial charge in [-0.1, -0.05) is 0 Å². The molecule has 1 aliphatic rings. The molecule has 20 heavy (non-hydrogen) atoms. The van der Waals surface area contributed by atoms with Gasteiger partial charge in [0.2, 0.25) is 0 Å². The topological polar surface area (TPSA) is 45.2 Å². The van der Waals surface area contributed by atoms with E-state index in [1.54, 1.807) is 17.5 Å². The minimum absolute atomic E-state index is 0.0239. The van der Waals surface area contributed by atoms with Gasteiger partial charge in [-0.05, 0) is 47.4 Å². The van der Waals surface area contributed by atoms with Gasteiger partial charge in [-0.2, -0.15) is 11.3 Å². The highest BCUT2D eigenvalue weighted by Gasteiger charge is 2.33. The maximum atomic E-state index is 12.7. The SMILES string of the molecule is CNc1ccnc(C(=O)N(Cc2ccsc2)C2CC2)c1. The van der Waals surface area contributed by atoms with Gasteiger partial charge < -0.3 is 10.2 Å². The van der Waals surface area contributed by atoms with Crippen LogP contribution in [0, 0.1) is 0 Å². The average Bonchev–Trinajstić information content (AvgIpc) is 3.20. The Kier molecular flexibility index (Phi) is 3.69. The molecule has 4 nitrogen and oxygen atoms in total. The lowest BCUT2D eigenvalue weighted by Gasteiger charge is -2.21. The maximum Gasteiger partial charge on any atom is 0.273 e. The number of amides is 1. The summed E-state index contributed by atoms with van der Waals surface area (Å²) in [6, 6.07) is 6.12. The summed E-state index contributed by atoms with van der Waals surface area (Å²) in [6.07, 6.45) is 3.87. The highest BCUT2D eigenvalue weighted by atomic mass is 32.1. The Morgan fingerprint density at radius 2 is 2.35 bits per heavy atom. The third-order valence-corrected chi connectivity index (χ3v) is 4.18. The van der Waals surface area contributed by atoms with Crippen molar-refractivity contribution in [1.29, 1.82) is 0 Å². The molecule has 2 heterocycles. The molecule has 1 N–H and O–H groups in total. The summed E-state index contributed by atoms with van der Waals surface area (Å²) in [6.45, 7) is 0.679. The normalized spacial score (nSPS) is 14.1. The lowest BCUT2D eigenvalue weighted by Crippen LogP contribution is -2.33. The lowest BCUT2D eigenvalue weighted by molar-refractivity contribution is 0.0724. The van der Waals surface area contributed by atoms with Crippen molar-refractivity contribution in [1.82, 2.24) is 9.88 Å². The number of nitrogens with zero attached hydrogens (tertiary/aromatic N) is 2. The predicted octanol–water partition coefficient (Wildman–Crippen LogP) is 2.99. The zero-order valence-corrected chi connectivity index (χ0v) is 12.2. The summed E-state index contributed by atoms with van der Waals surface area (Å²) in [5.74, 6) is 0.0239. The number of rotatable bonds is 5. The van der Waals surface area contributed by atoms with E-state index in [4.69, 9.17) is 0 Å². The van der Waals surface area contributed by atoms with Crippen molar-refractivity contribution >= 4 is 22.9 Å². The van der Waals surface area contributed by atoms with E-state index >= 15 is 0 Å². The lowest BCUT2D eigenvalue weighted by atomic mass is 10.2. The highest BCUT2D eigenvalue weighted by molar-refractivity contribution is 7.07. The van der Waals surface area contributed by atoms with Gasteiger partial charge in [0.15, 0.2) is 0 Å². The van der Waals surface area contributed by atoms with Crippen molar-refractivity contribution in [2.24, 2.45) is 0 Å². The van der Waals surface area contributed by atoms with Crippen molar-refractivity contribution < 1.29 is 4.79 Å². The number of nitrogens with one attached hydrogen (secondary N) is 1. The first-order valence-corrected chi connectivity index (χ1v) is 7.68. The van der Waals surface area contributed by atoms with Crippen LogP contribution >= 0.6 is 11.3 Å². The first-order valence-electron chi connectivity index (χ1n) is 6.74. The van der Waals surface area contributed by atoms with Crippen molar-refractivity contribution in [2.45, 2.75) is 25.4 Å². The molecule has 104 valence electrons. The molecule has 0 radical (unpaired) electrons. The van der Waals surface area contributed by atoms with Crippen LogP contribution in [0.4, 0.5) is 5.69 Å². The second-order valence-corrected chi connectivity index (χ2v) is 5.76. The van der Waals surface area contributed by atoms with Crippen LogP contribution in [0.3, 0.4) is 0 Å². The van der Waals surface area contributed by atoms with E-state index in [-0.39, 0.29) is 5.91 Å². The number of hydrogen-bond donors (Lipinski definition) is 1. The molecule has 0 aromatic carbocycles. The number of carbonyl (C=O) groups is 1. The van der Waals surface area contributed by atoms with Gasteiger partial charge >= 0.3 is 0 Å². The summed E-state index contributed by atoms with van der Waals surface area (Å²) in [7, 11) is 1.84. The van der Waals surface area contributed by atoms with Crippen LogP contribution in [0.15, 0.2) is 35.2 Å². The number of hydrogen-bond acceptors (Lipinski definition) is 4.